The maximum atomic E-state index is 6.09. The topological polar surface area (TPSA) is 52.4 Å². The highest BCUT2D eigenvalue weighted by atomic mass is 32.1. The quantitative estimate of drug-likeness (QED) is 0.574. The molecule has 0 radical (unpaired) electrons. The largest absolute Gasteiger partial charge is 0.493 e. The van der Waals surface area contributed by atoms with Crippen molar-refractivity contribution in [3.63, 3.8) is 0 Å². The van der Waals surface area contributed by atoms with Gasteiger partial charge in [0.05, 0.1) is 26.0 Å². The molecule has 2 aromatic heterocycles. The highest BCUT2D eigenvalue weighted by molar-refractivity contribution is 7.09. The Morgan fingerprint density at radius 2 is 2.19 bits per heavy atom. The molecular formula is C19H24N4O2S. The van der Waals surface area contributed by atoms with Gasteiger partial charge in [-0.1, -0.05) is 12.1 Å². The zero-order chi connectivity index (χ0) is 18.4. The van der Waals surface area contributed by atoms with E-state index in [1.807, 2.05) is 34.5 Å². The lowest BCUT2D eigenvalue weighted by atomic mass is 10.1. The Morgan fingerprint density at radius 3 is 2.88 bits per heavy atom. The van der Waals surface area contributed by atoms with Crippen LogP contribution in [0, 0.1) is 0 Å². The number of benzene rings is 1. The van der Waals surface area contributed by atoms with Crippen LogP contribution < -0.4 is 9.47 Å². The number of hydrogen-bond donors (Lipinski definition) is 0. The van der Waals surface area contributed by atoms with Gasteiger partial charge in [-0.3, -0.25) is 4.90 Å². The van der Waals surface area contributed by atoms with E-state index >= 15 is 0 Å². The smallest absolute Gasteiger partial charge is 0.165 e. The molecule has 0 aliphatic carbocycles. The molecule has 3 aromatic rings. The lowest BCUT2D eigenvalue weighted by Crippen LogP contribution is -2.22. The summed E-state index contributed by atoms with van der Waals surface area (Å²) in [5.41, 5.74) is 1.10. The maximum Gasteiger partial charge on any atom is 0.165 e. The minimum Gasteiger partial charge on any atom is -0.493 e. The van der Waals surface area contributed by atoms with E-state index in [1.165, 1.54) is 0 Å². The van der Waals surface area contributed by atoms with Gasteiger partial charge in [0.2, 0.25) is 0 Å². The standard InChI is InChI=1S/C19H24N4O2S/c1-15(19-21-8-12-26-19)22(2)13-16-5-4-6-17(24-3)18(16)25-11-10-23-9-7-20-14-23/h4-9,12,14-15H,10-11,13H2,1-3H3. The van der Waals surface area contributed by atoms with Crippen LogP contribution in [0.25, 0.3) is 0 Å². The van der Waals surface area contributed by atoms with Crippen molar-refractivity contribution in [3.05, 3.63) is 59.1 Å². The van der Waals surface area contributed by atoms with Crippen LogP contribution in [0.15, 0.2) is 48.5 Å². The molecule has 0 saturated carbocycles. The van der Waals surface area contributed by atoms with Crippen molar-refractivity contribution in [3.8, 4) is 11.5 Å². The maximum absolute atomic E-state index is 6.09. The molecule has 0 saturated heterocycles. The van der Waals surface area contributed by atoms with Crippen LogP contribution in [-0.4, -0.2) is 40.2 Å². The second-order valence-electron chi connectivity index (χ2n) is 6.06. The Balaban J connectivity index is 1.71. The number of methoxy groups -OCH3 is 1. The molecule has 0 spiro atoms. The molecule has 138 valence electrons. The summed E-state index contributed by atoms with van der Waals surface area (Å²) in [6.07, 6.45) is 7.33. The fourth-order valence-corrected chi connectivity index (χ4v) is 3.48. The highest BCUT2D eigenvalue weighted by Crippen LogP contribution is 2.33. The van der Waals surface area contributed by atoms with Gasteiger partial charge in [-0.2, -0.15) is 0 Å². The molecule has 0 fully saturated rings. The predicted octanol–water partition coefficient (Wildman–Crippen LogP) is 3.62. The monoisotopic (exact) mass is 372 g/mol. The zero-order valence-corrected chi connectivity index (χ0v) is 16.1. The van der Waals surface area contributed by atoms with E-state index in [-0.39, 0.29) is 6.04 Å². The van der Waals surface area contributed by atoms with E-state index in [4.69, 9.17) is 9.47 Å². The molecule has 3 rings (SSSR count). The molecule has 6 nitrogen and oxygen atoms in total. The number of rotatable bonds is 9. The van der Waals surface area contributed by atoms with Gasteiger partial charge in [-0.15, -0.1) is 11.3 Å². The third-order valence-corrected chi connectivity index (χ3v) is 5.27. The SMILES string of the molecule is COc1cccc(CN(C)C(C)c2nccs2)c1OCCn1ccnc1. The zero-order valence-electron chi connectivity index (χ0n) is 15.3. The molecule has 26 heavy (non-hydrogen) atoms. The summed E-state index contributed by atoms with van der Waals surface area (Å²) in [6, 6.07) is 6.25. The van der Waals surface area contributed by atoms with Gasteiger partial charge in [0.1, 0.15) is 11.6 Å². The summed E-state index contributed by atoms with van der Waals surface area (Å²) in [5, 5.41) is 3.12. The second kappa shape index (κ2) is 8.82. The van der Waals surface area contributed by atoms with Crippen molar-refractivity contribution < 1.29 is 9.47 Å². The van der Waals surface area contributed by atoms with Gasteiger partial charge >= 0.3 is 0 Å². The van der Waals surface area contributed by atoms with Crippen LogP contribution in [0.4, 0.5) is 0 Å². The third kappa shape index (κ3) is 4.42. The first kappa shape index (κ1) is 18.4. The molecular weight excluding hydrogens is 348 g/mol. The van der Waals surface area contributed by atoms with Gasteiger partial charge in [0, 0.05) is 36.1 Å². The van der Waals surface area contributed by atoms with Crippen LogP contribution in [0.1, 0.15) is 23.5 Å². The minimum atomic E-state index is 0.236. The Bertz CT molecular complexity index is 790. The molecule has 7 heteroatoms. The molecule has 0 aliphatic heterocycles. The molecule has 1 atom stereocenters. The van der Waals surface area contributed by atoms with Gasteiger partial charge in [-0.25, -0.2) is 9.97 Å². The van der Waals surface area contributed by atoms with E-state index in [0.29, 0.717) is 6.61 Å². The Morgan fingerprint density at radius 1 is 1.31 bits per heavy atom. The first-order valence-electron chi connectivity index (χ1n) is 8.53. The van der Waals surface area contributed by atoms with Crippen molar-refractivity contribution >= 4 is 11.3 Å². The molecule has 1 unspecified atom stereocenters. The van der Waals surface area contributed by atoms with E-state index in [2.05, 4.69) is 34.9 Å². The van der Waals surface area contributed by atoms with E-state index in [0.717, 1.165) is 35.2 Å². The molecule has 2 heterocycles. The van der Waals surface area contributed by atoms with Gasteiger partial charge < -0.3 is 14.0 Å². The number of thiazole rings is 1. The average Bonchev–Trinajstić information content (AvgIpc) is 3.36. The van der Waals surface area contributed by atoms with Crippen molar-refractivity contribution in [2.45, 2.75) is 26.1 Å². The Hall–Kier alpha value is -2.38. The number of aromatic nitrogens is 3. The molecule has 0 amide bonds. The summed E-state index contributed by atoms with van der Waals surface area (Å²) < 4.78 is 13.6. The number of nitrogens with zero attached hydrogens (tertiary/aromatic N) is 4. The average molecular weight is 372 g/mol. The van der Waals surface area contributed by atoms with Crippen LogP contribution in [0.5, 0.6) is 11.5 Å². The van der Waals surface area contributed by atoms with E-state index in [1.54, 1.807) is 31.0 Å². The fraction of sp³-hybridized carbons (Fsp3) is 0.368. The summed E-state index contributed by atoms with van der Waals surface area (Å²) in [5.74, 6) is 1.55. The summed E-state index contributed by atoms with van der Waals surface area (Å²) in [4.78, 5) is 10.7. The summed E-state index contributed by atoms with van der Waals surface area (Å²) in [7, 11) is 3.77. The first-order chi connectivity index (χ1) is 12.7. The Labute approximate surface area is 158 Å². The number of para-hydroxylation sites is 1. The minimum absolute atomic E-state index is 0.236. The number of hydrogen-bond acceptors (Lipinski definition) is 6. The lowest BCUT2D eigenvalue weighted by molar-refractivity contribution is 0.237. The second-order valence-corrected chi connectivity index (χ2v) is 6.99. The fourth-order valence-electron chi connectivity index (χ4n) is 2.72. The molecule has 0 aliphatic rings. The molecule has 1 aromatic carbocycles. The Kier molecular flexibility index (Phi) is 6.25. The first-order valence-corrected chi connectivity index (χ1v) is 9.41. The highest BCUT2D eigenvalue weighted by Gasteiger charge is 2.18. The number of ether oxygens (including phenoxy) is 2. The predicted molar refractivity (Wildman–Crippen MR) is 103 cm³/mol. The van der Waals surface area contributed by atoms with Crippen LogP contribution >= 0.6 is 11.3 Å². The van der Waals surface area contributed by atoms with E-state index < -0.39 is 0 Å². The molecule has 0 N–H and O–H groups in total. The van der Waals surface area contributed by atoms with Gasteiger partial charge in [0.15, 0.2) is 11.5 Å². The normalized spacial score (nSPS) is 12.3. The summed E-state index contributed by atoms with van der Waals surface area (Å²) >= 11 is 1.68. The molecule has 0 bridgehead atoms. The van der Waals surface area contributed by atoms with Crippen LogP contribution in [0.3, 0.4) is 0 Å². The van der Waals surface area contributed by atoms with E-state index in [9.17, 15) is 0 Å². The van der Waals surface area contributed by atoms with Crippen LogP contribution in [0.2, 0.25) is 0 Å². The van der Waals surface area contributed by atoms with Crippen molar-refractivity contribution in [1.29, 1.82) is 0 Å². The van der Waals surface area contributed by atoms with Gasteiger partial charge in [0.25, 0.3) is 0 Å². The van der Waals surface area contributed by atoms with Crippen molar-refractivity contribution in [1.82, 2.24) is 19.4 Å². The van der Waals surface area contributed by atoms with Gasteiger partial charge in [-0.05, 0) is 20.0 Å². The number of imidazole rings is 1. The van der Waals surface area contributed by atoms with Crippen molar-refractivity contribution in [2.75, 3.05) is 20.8 Å². The lowest BCUT2D eigenvalue weighted by Gasteiger charge is -2.24. The van der Waals surface area contributed by atoms with Crippen LogP contribution in [-0.2, 0) is 13.1 Å². The van der Waals surface area contributed by atoms with Crippen molar-refractivity contribution in [2.24, 2.45) is 0 Å². The summed E-state index contributed by atoms with van der Waals surface area (Å²) in [6.45, 7) is 4.20. The third-order valence-electron chi connectivity index (χ3n) is 4.33.